The number of aromatic amines is 1. The summed E-state index contributed by atoms with van der Waals surface area (Å²) in [5, 5.41) is 1.28. The zero-order valence-corrected chi connectivity index (χ0v) is 9.45. The second-order valence-electron chi connectivity index (χ2n) is 4.51. The van der Waals surface area contributed by atoms with Gasteiger partial charge in [0.1, 0.15) is 5.65 Å². The molecule has 0 spiro atoms. The molecule has 2 aromatic heterocycles. The molecule has 3 heterocycles. The van der Waals surface area contributed by atoms with Crippen molar-refractivity contribution in [1.29, 1.82) is 0 Å². The minimum Gasteiger partial charge on any atom is -0.346 e. The van der Waals surface area contributed by atoms with Crippen LogP contribution in [0.5, 0.6) is 0 Å². The highest BCUT2D eigenvalue weighted by Gasteiger charge is 2.12. The standard InChI is InChI=1S/C13H17N3/c1-2-8-16(7-1)9-5-11-10-15-13-12(11)4-3-6-14-13/h3-4,6,10H,1-2,5,7-9H2,(H,14,15). The molecule has 3 nitrogen and oxygen atoms in total. The Balaban J connectivity index is 1.73. The molecule has 3 heteroatoms. The number of H-pyrrole nitrogens is 1. The van der Waals surface area contributed by atoms with Crippen molar-refractivity contribution >= 4 is 11.0 Å². The van der Waals surface area contributed by atoms with Gasteiger partial charge in [-0.25, -0.2) is 4.98 Å². The van der Waals surface area contributed by atoms with Crippen molar-refractivity contribution in [2.75, 3.05) is 19.6 Å². The topological polar surface area (TPSA) is 31.9 Å². The molecule has 1 saturated heterocycles. The molecule has 0 amide bonds. The van der Waals surface area contributed by atoms with E-state index in [9.17, 15) is 0 Å². The summed E-state index contributed by atoms with van der Waals surface area (Å²) >= 11 is 0. The van der Waals surface area contributed by atoms with Crippen LogP contribution in [0.2, 0.25) is 0 Å². The van der Waals surface area contributed by atoms with Crippen LogP contribution in [0.4, 0.5) is 0 Å². The molecule has 16 heavy (non-hydrogen) atoms. The van der Waals surface area contributed by atoms with Crippen molar-refractivity contribution in [3.8, 4) is 0 Å². The van der Waals surface area contributed by atoms with Gasteiger partial charge >= 0.3 is 0 Å². The molecule has 0 radical (unpaired) electrons. The number of rotatable bonds is 3. The number of fused-ring (bicyclic) bond motifs is 1. The molecule has 2 aromatic rings. The molecular weight excluding hydrogens is 198 g/mol. The van der Waals surface area contributed by atoms with Crippen molar-refractivity contribution < 1.29 is 0 Å². The molecule has 1 aliphatic rings. The van der Waals surface area contributed by atoms with Crippen LogP contribution in [0.1, 0.15) is 18.4 Å². The molecule has 1 fully saturated rings. The quantitative estimate of drug-likeness (QED) is 0.851. The summed E-state index contributed by atoms with van der Waals surface area (Å²) in [7, 11) is 0. The van der Waals surface area contributed by atoms with Gasteiger partial charge in [0.25, 0.3) is 0 Å². The van der Waals surface area contributed by atoms with Crippen LogP contribution < -0.4 is 0 Å². The van der Waals surface area contributed by atoms with E-state index in [1.807, 2.05) is 12.3 Å². The van der Waals surface area contributed by atoms with Gasteiger partial charge in [-0.1, -0.05) is 0 Å². The molecule has 0 saturated carbocycles. The Morgan fingerprint density at radius 3 is 3.06 bits per heavy atom. The van der Waals surface area contributed by atoms with Gasteiger partial charge < -0.3 is 9.88 Å². The Kier molecular flexibility index (Phi) is 2.62. The lowest BCUT2D eigenvalue weighted by molar-refractivity contribution is 0.344. The lowest BCUT2D eigenvalue weighted by Gasteiger charge is -2.13. The van der Waals surface area contributed by atoms with Gasteiger partial charge in [-0.3, -0.25) is 0 Å². The van der Waals surface area contributed by atoms with Gasteiger partial charge in [0.2, 0.25) is 0 Å². The van der Waals surface area contributed by atoms with E-state index >= 15 is 0 Å². The zero-order chi connectivity index (χ0) is 10.8. The maximum absolute atomic E-state index is 4.31. The third kappa shape index (κ3) is 1.83. The van der Waals surface area contributed by atoms with Crippen LogP contribution in [0, 0.1) is 0 Å². The molecule has 1 N–H and O–H groups in total. The van der Waals surface area contributed by atoms with Crippen molar-refractivity contribution in [3.63, 3.8) is 0 Å². The fraction of sp³-hybridized carbons (Fsp3) is 0.462. The summed E-state index contributed by atoms with van der Waals surface area (Å²) in [4.78, 5) is 10.1. The number of pyridine rings is 1. The van der Waals surface area contributed by atoms with Crippen molar-refractivity contribution in [3.05, 3.63) is 30.1 Å². The lowest BCUT2D eigenvalue weighted by Crippen LogP contribution is -2.21. The highest BCUT2D eigenvalue weighted by Crippen LogP contribution is 2.17. The zero-order valence-electron chi connectivity index (χ0n) is 9.45. The molecule has 84 valence electrons. The third-order valence-electron chi connectivity index (χ3n) is 3.43. The predicted octanol–water partition coefficient (Wildman–Crippen LogP) is 2.20. The Bertz CT molecular complexity index is 469. The van der Waals surface area contributed by atoms with Crippen LogP contribution in [-0.4, -0.2) is 34.5 Å². The smallest absolute Gasteiger partial charge is 0.137 e. The first-order valence-electron chi connectivity index (χ1n) is 6.07. The van der Waals surface area contributed by atoms with Gasteiger partial charge in [0, 0.05) is 24.3 Å². The first-order valence-corrected chi connectivity index (χ1v) is 6.07. The van der Waals surface area contributed by atoms with Crippen molar-refractivity contribution in [2.24, 2.45) is 0 Å². The lowest BCUT2D eigenvalue weighted by atomic mass is 10.1. The fourth-order valence-corrected chi connectivity index (χ4v) is 2.50. The average molecular weight is 215 g/mol. The van der Waals surface area contributed by atoms with Gasteiger partial charge in [-0.15, -0.1) is 0 Å². The molecule has 0 bridgehead atoms. The second kappa shape index (κ2) is 4.26. The van der Waals surface area contributed by atoms with Crippen molar-refractivity contribution in [2.45, 2.75) is 19.3 Å². The number of hydrogen-bond acceptors (Lipinski definition) is 2. The van der Waals surface area contributed by atoms with E-state index in [1.54, 1.807) is 0 Å². The highest BCUT2D eigenvalue weighted by molar-refractivity contribution is 5.79. The van der Waals surface area contributed by atoms with E-state index in [0.717, 1.165) is 12.1 Å². The minimum atomic E-state index is 1.01. The fourth-order valence-electron chi connectivity index (χ4n) is 2.50. The van der Waals surface area contributed by atoms with Crippen molar-refractivity contribution in [1.82, 2.24) is 14.9 Å². The Hall–Kier alpha value is -1.35. The van der Waals surface area contributed by atoms with Gasteiger partial charge in [-0.05, 0) is 50.0 Å². The minimum absolute atomic E-state index is 1.01. The monoisotopic (exact) mass is 215 g/mol. The summed E-state index contributed by atoms with van der Waals surface area (Å²) in [6, 6.07) is 4.16. The third-order valence-corrected chi connectivity index (χ3v) is 3.43. The summed E-state index contributed by atoms with van der Waals surface area (Å²) in [5.41, 5.74) is 2.41. The van der Waals surface area contributed by atoms with E-state index in [1.165, 1.54) is 43.4 Å². The van der Waals surface area contributed by atoms with E-state index in [0.29, 0.717) is 0 Å². The van der Waals surface area contributed by atoms with Crippen LogP contribution in [0.25, 0.3) is 11.0 Å². The van der Waals surface area contributed by atoms with E-state index < -0.39 is 0 Å². The molecule has 0 aliphatic carbocycles. The molecule has 0 aromatic carbocycles. The maximum Gasteiger partial charge on any atom is 0.137 e. The Morgan fingerprint density at radius 2 is 2.19 bits per heavy atom. The normalized spacial score (nSPS) is 17.2. The van der Waals surface area contributed by atoms with Crippen LogP contribution in [0.3, 0.4) is 0 Å². The van der Waals surface area contributed by atoms with Gasteiger partial charge in [-0.2, -0.15) is 0 Å². The molecule has 1 aliphatic heterocycles. The number of nitrogens with zero attached hydrogens (tertiary/aromatic N) is 2. The largest absolute Gasteiger partial charge is 0.346 e. The average Bonchev–Trinajstić information content (AvgIpc) is 2.96. The maximum atomic E-state index is 4.31. The van der Waals surface area contributed by atoms with Gasteiger partial charge in [0.05, 0.1) is 0 Å². The highest BCUT2D eigenvalue weighted by atomic mass is 15.1. The molecule has 0 atom stereocenters. The molecule has 3 rings (SSSR count). The van der Waals surface area contributed by atoms with Crippen LogP contribution in [0.15, 0.2) is 24.5 Å². The van der Waals surface area contributed by atoms with E-state index in [4.69, 9.17) is 0 Å². The summed E-state index contributed by atoms with van der Waals surface area (Å²) < 4.78 is 0. The SMILES string of the molecule is c1cnc2[nH]cc(CCN3CCCC3)c2c1. The van der Waals surface area contributed by atoms with Crippen LogP contribution >= 0.6 is 0 Å². The van der Waals surface area contributed by atoms with Crippen LogP contribution in [-0.2, 0) is 6.42 Å². The van der Waals surface area contributed by atoms with E-state index in [-0.39, 0.29) is 0 Å². The second-order valence-corrected chi connectivity index (χ2v) is 4.51. The number of hydrogen-bond donors (Lipinski definition) is 1. The van der Waals surface area contributed by atoms with E-state index in [2.05, 4.69) is 27.1 Å². The molecular formula is C13H17N3. The number of likely N-dealkylation sites (tertiary alicyclic amines) is 1. The van der Waals surface area contributed by atoms with Gasteiger partial charge in [0.15, 0.2) is 0 Å². The summed E-state index contributed by atoms with van der Waals surface area (Å²) in [6.07, 6.45) is 7.81. The summed E-state index contributed by atoms with van der Waals surface area (Å²) in [5.74, 6) is 0. The first-order chi connectivity index (χ1) is 7.93. The first kappa shape index (κ1) is 9.85. The Morgan fingerprint density at radius 1 is 1.31 bits per heavy atom. The number of aromatic nitrogens is 2. The molecule has 0 unspecified atom stereocenters. The Labute approximate surface area is 95.5 Å². The number of nitrogens with one attached hydrogen (secondary N) is 1. The summed E-state index contributed by atoms with van der Waals surface area (Å²) in [6.45, 7) is 3.74. The predicted molar refractivity (Wildman–Crippen MR) is 65.5 cm³/mol.